The molecule has 0 radical (unpaired) electrons. The van der Waals surface area contributed by atoms with E-state index < -0.39 is 19.9 Å². The molecule has 0 bridgehead atoms. The van der Waals surface area contributed by atoms with E-state index in [9.17, 15) is 16.8 Å². The molecule has 0 aromatic heterocycles. The third-order valence-corrected chi connectivity index (χ3v) is 8.83. The van der Waals surface area contributed by atoms with Crippen molar-refractivity contribution in [2.75, 3.05) is 51.9 Å². The van der Waals surface area contributed by atoms with Gasteiger partial charge >= 0.3 is 0 Å². The van der Waals surface area contributed by atoms with Crippen LogP contribution in [-0.2, 0) is 19.9 Å². The minimum Gasteiger partial charge on any atom is -0.493 e. The molecule has 10 heteroatoms. The predicted molar refractivity (Wildman–Crippen MR) is 96.1 cm³/mol. The van der Waals surface area contributed by atoms with E-state index >= 15 is 0 Å². The highest BCUT2D eigenvalue weighted by Crippen LogP contribution is 2.30. The number of sulfone groups is 1. The lowest BCUT2D eigenvalue weighted by atomic mass is 10.2. The van der Waals surface area contributed by atoms with Gasteiger partial charge in [0, 0.05) is 12.5 Å². The monoisotopic (exact) mass is 405 g/mol. The second-order valence-corrected chi connectivity index (χ2v) is 10.8. The lowest BCUT2D eigenvalue weighted by molar-refractivity contribution is -0.925. The summed E-state index contributed by atoms with van der Waals surface area (Å²) in [7, 11) is -3.58. The van der Waals surface area contributed by atoms with Crippen LogP contribution in [0.3, 0.4) is 0 Å². The van der Waals surface area contributed by atoms with Crippen molar-refractivity contribution >= 4 is 19.9 Å². The van der Waals surface area contributed by atoms with Crippen LogP contribution in [0.15, 0.2) is 23.1 Å². The second kappa shape index (κ2) is 7.34. The van der Waals surface area contributed by atoms with Crippen LogP contribution >= 0.6 is 0 Å². The van der Waals surface area contributed by atoms with Crippen molar-refractivity contribution in [2.24, 2.45) is 0 Å². The van der Waals surface area contributed by atoms with Crippen LogP contribution in [0.4, 0.5) is 0 Å². The number of methoxy groups -OCH3 is 2. The molecule has 2 aliphatic heterocycles. The van der Waals surface area contributed by atoms with Crippen molar-refractivity contribution in [3.8, 4) is 11.5 Å². The normalized spacial score (nSPS) is 24.5. The minimum absolute atomic E-state index is 0.0888. The van der Waals surface area contributed by atoms with Gasteiger partial charge < -0.3 is 14.4 Å². The van der Waals surface area contributed by atoms with Crippen LogP contribution in [0, 0.1) is 0 Å². The van der Waals surface area contributed by atoms with E-state index in [1.807, 2.05) is 0 Å². The SMILES string of the molecule is COc1ccc(S(=O)(=O)N2CC[NH+]([C@H]3CCS(=O)(=O)C3)CC2)cc1OC. The molecule has 1 N–H and O–H groups in total. The molecule has 2 heterocycles. The number of nitrogens with one attached hydrogen (secondary N) is 1. The van der Waals surface area contributed by atoms with Crippen LogP contribution in [0.5, 0.6) is 11.5 Å². The Morgan fingerprint density at radius 3 is 2.31 bits per heavy atom. The third kappa shape index (κ3) is 3.83. The highest BCUT2D eigenvalue weighted by atomic mass is 32.2. The molecule has 8 nitrogen and oxygen atoms in total. The third-order valence-electron chi connectivity index (χ3n) is 5.17. The predicted octanol–water partition coefficient (Wildman–Crippen LogP) is -1.22. The van der Waals surface area contributed by atoms with Crippen molar-refractivity contribution < 1.29 is 31.2 Å². The fraction of sp³-hybridized carbons (Fsp3) is 0.625. The van der Waals surface area contributed by atoms with Gasteiger partial charge in [0.05, 0.1) is 51.0 Å². The molecule has 1 atom stereocenters. The molecule has 0 saturated carbocycles. The van der Waals surface area contributed by atoms with Gasteiger partial charge in [-0.15, -0.1) is 0 Å². The van der Waals surface area contributed by atoms with Gasteiger partial charge in [0.15, 0.2) is 21.3 Å². The highest BCUT2D eigenvalue weighted by molar-refractivity contribution is 7.91. The number of hydrogen-bond donors (Lipinski definition) is 1. The zero-order chi connectivity index (χ0) is 18.9. The van der Waals surface area contributed by atoms with Crippen LogP contribution < -0.4 is 14.4 Å². The average Bonchev–Trinajstić information content (AvgIpc) is 3.01. The molecule has 0 unspecified atom stereocenters. The molecular formula is C16H25N2O6S2+. The first-order valence-electron chi connectivity index (χ1n) is 8.54. The molecule has 0 aliphatic carbocycles. The average molecular weight is 406 g/mol. The van der Waals surface area contributed by atoms with Gasteiger partial charge in [0.2, 0.25) is 10.0 Å². The molecule has 1 aromatic carbocycles. The highest BCUT2D eigenvalue weighted by Gasteiger charge is 2.39. The Kier molecular flexibility index (Phi) is 5.48. The smallest absolute Gasteiger partial charge is 0.243 e. The number of rotatable bonds is 5. The molecular weight excluding hydrogens is 380 g/mol. The molecule has 2 fully saturated rings. The standard InChI is InChI=1S/C16H24N2O6S2/c1-23-15-4-3-14(11-16(15)24-2)26(21,22)18-8-6-17(7-9-18)13-5-10-25(19,20)12-13/h3-4,11,13H,5-10,12H2,1-2H3/p+1/t13-/m0/s1. The van der Waals surface area contributed by atoms with E-state index in [1.165, 1.54) is 35.6 Å². The van der Waals surface area contributed by atoms with Crippen LogP contribution in [0.1, 0.15) is 6.42 Å². The molecule has 3 rings (SSSR count). The van der Waals surface area contributed by atoms with E-state index in [1.54, 1.807) is 6.07 Å². The quantitative estimate of drug-likeness (QED) is 0.660. The van der Waals surface area contributed by atoms with Gasteiger partial charge in [0.1, 0.15) is 11.8 Å². The summed E-state index contributed by atoms with van der Waals surface area (Å²) in [4.78, 5) is 1.35. The maximum Gasteiger partial charge on any atom is 0.243 e. The van der Waals surface area contributed by atoms with Crippen molar-refractivity contribution in [2.45, 2.75) is 17.4 Å². The summed E-state index contributed by atoms with van der Waals surface area (Å²) in [5.74, 6) is 1.30. The molecule has 1 aromatic rings. The van der Waals surface area contributed by atoms with Crippen LogP contribution in [0.25, 0.3) is 0 Å². The number of piperazine rings is 1. The number of hydrogen-bond acceptors (Lipinski definition) is 6. The summed E-state index contributed by atoms with van der Waals surface area (Å²) >= 11 is 0. The summed E-state index contributed by atoms with van der Waals surface area (Å²) in [5.41, 5.74) is 0. The summed E-state index contributed by atoms with van der Waals surface area (Å²) in [6, 6.07) is 4.65. The van der Waals surface area contributed by atoms with E-state index in [2.05, 4.69) is 0 Å². The molecule has 146 valence electrons. The van der Waals surface area contributed by atoms with Crippen molar-refractivity contribution in [1.29, 1.82) is 0 Å². The van der Waals surface area contributed by atoms with E-state index in [0.717, 1.165) is 0 Å². The fourth-order valence-corrected chi connectivity index (χ4v) is 6.95. The molecule has 0 spiro atoms. The van der Waals surface area contributed by atoms with E-state index in [0.29, 0.717) is 44.1 Å². The van der Waals surface area contributed by atoms with E-state index in [-0.39, 0.29) is 22.4 Å². The summed E-state index contributed by atoms with van der Waals surface area (Å²) in [6.45, 7) is 1.99. The van der Waals surface area contributed by atoms with Crippen LogP contribution in [0.2, 0.25) is 0 Å². The molecule has 26 heavy (non-hydrogen) atoms. The number of sulfonamides is 1. The zero-order valence-electron chi connectivity index (χ0n) is 15.0. The Balaban J connectivity index is 1.70. The fourth-order valence-electron chi connectivity index (χ4n) is 3.67. The summed E-state index contributed by atoms with van der Waals surface area (Å²) in [5, 5.41) is 0. The number of benzene rings is 1. The Hall–Kier alpha value is -1.36. The van der Waals surface area contributed by atoms with Gasteiger partial charge in [-0.25, -0.2) is 16.8 Å². The second-order valence-electron chi connectivity index (χ2n) is 6.68. The summed E-state index contributed by atoms with van der Waals surface area (Å²) in [6.07, 6.45) is 0.667. The number of nitrogens with zero attached hydrogens (tertiary/aromatic N) is 1. The van der Waals surface area contributed by atoms with Gasteiger partial charge in [0.25, 0.3) is 0 Å². The first-order valence-corrected chi connectivity index (χ1v) is 11.8. The lowest BCUT2D eigenvalue weighted by Gasteiger charge is -2.34. The van der Waals surface area contributed by atoms with Gasteiger partial charge in [-0.2, -0.15) is 4.31 Å². The Morgan fingerprint density at radius 1 is 1.12 bits per heavy atom. The van der Waals surface area contributed by atoms with Gasteiger partial charge in [-0.1, -0.05) is 0 Å². The minimum atomic E-state index is -3.62. The molecule has 2 aliphatic rings. The first kappa shape index (κ1) is 19.4. The Labute approximate surface area is 154 Å². The van der Waals surface area contributed by atoms with Crippen molar-refractivity contribution in [1.82, 2.24) is 4.31 Å². The maximum absolute atomic E-state index is 12.9. The number of ether oxygens (including phenoxy) is 2. The maximum atomic E-state index is 12.9. The number of quaternary nitrogens is 1. The zero-order valence-corrected chi connectivity index (χ0v) is 16.6. The first-order chi connectivity index (χ1) is 12.3. The van der Waals surface area contributed by atoms with Crippen molar-refractivity contribution in [3.05, 3.63) is 18.2 Å². The Bertz CT molecular complexity index is 861. The Morgan fingerprint density at radius 2 is 1.77 bits per heavy atom. The topological polar surface area (TPSA) is 94.4 Å². The molecule has 2 saturated heterocycles. The largest absolute Gasteiger partial charge is 0.493 e. The van der Waals surface area contributed by atoms with Crippen LogP contribution in [-0.4, -0.2) is 79.1 Å². The van der Waals surface area contributed by atoms with E-state index in [4.69, 9.17) is 9.47 Å². The van der Waals surface area contributed by atoms with Gasteiger partial charge in [-0.3, -0.25) is 0 Å². The lowest BCUT2D eigenvalue weighted by Crippen LogP contribution is -3.18. The van der Waals surface area contributed by atoms with Gasteiger partial charge in [-0.05, 0) is 12.1 Å². The molecule has 0 amide bonds. The van der Waals surface area contributed by atoms with Crippen molar-refractivity contribution in [3.63, 3.8) is 0 Å². The summed E-state index contributed by atoms with van der Waals surface area (Å²) < 4.78 is 61.0.